The number of carbonyl (C=O) groups is 3. The van der Waals surface area contributed by atoms with Crippen LogP contribution in [0.15, 0.2) is 60.7 Å². The molecule has 0 unspecified atom stereocenters. The average Bonchev–Trinajstić information content (AvgIpc) is 2.98. The molecule has 0 spiro atoms. The van der Waals surface area contributed by atoms with Gasteiger partial charge in [0.05, 0.1) is 13.2 Å². The van der Waals surface area contributed by atoms with Crippen LogP contribution in [0.2, 0.25) is 0 Å². The summed E-state index contributed by atoms with van der Waals surface area (Å²) in [5, 5.41) is 5.83. The van der Waals surface area contributed by atoms with E-state index in [1.54, 1.807) is 54.5 Å². The molecule has 2 aliphatic heterocycles. The number of likely N-dealkylation sites (tertiary alicyclic amines) is 1. The molecule has 9 nitrogen and oxygen atoms in total. The summed E-state index contributed by atoms with van der Waals surface area (Å²) >= 11 is 0. The summed E-state index contributed by atoms with van der Waals surface area (Å²) in [6, 6.07) is 16.0. The Balaban J connectivity index is 1.52. The lowest BCUT2D eigenvalue weighted by molar-refractivity contribution is -0.134. The van der Waals surface area contributed by atoms with Crippen LogP contribution in [-0.2, 0) is 16.1 Å². The molecule has 0 aromatic heterocycles. The lowest BCUT2D eigenvalue weighted by atomic mass is 9.98. The lowest BCUT2D eigenvalue weighted by Crippen LogP contribution is -2.58. The molecule has 5 rings (SSSR count). The largest absolute Gasteiger partial charge is 0.496 e. The van der Waals surface area contributed by atoms with Crippen molar-refractivity contribution < 1.29 is 33.0 Å². The van der Waals surface area contributed by atoms with Crippen molar-refractivity contribution in [3.8, 4) is 28.4 Å². The van der Waals surface area contributed by atoms with Crippen LogP contribution < -0.4 is 24.8 Å². The molecular weight excluding hydrogens is 553 g/mol. The first-order valence-corrected chi connectivity index (χ1v) is 14.4. The normalized spacial score (nSPS) is 19.0. The maximum absolute atomic E-state index is 14.6. The lowest BCUT2D eigenvalue weighted by Gasteiger charge is -2.39. The predicted octanol–water partition coefficient (Wildman–Crippen LogP) is 4.33. The number of piperidine rings is 1. The first-order chi connectivity index (χ1) is 20.7. The Morgan fingerprint density at radius 3 is 2.70 bits per heavy atom. The molecule has 2 N–H and O–H groups in total. The Kier molecular flexibility index (Phi) is 9.13. The fourth-order valence-electron chi connectivity index (χ4n) is 5.36. The number of nitrogens with zero attached hydrogens (tertiary/aromatic N) is 1. The SMILES string of the molecule is COc1ccc2cc1-c1cccc(c1)OCC(=O)NCc1cc(F)cc(c1)O[C@@H]1CCN(C(=O)CC(C)C)C[C@H]1NC2=O. The summed E-state index contributed by atoms with van der Waals surface area (Å²) in [6.45, 7) is 4.51. The van der Waals surface area contributed by atoms with Gasteiger partial charge in [-0.2, -0.15) is 0 Å². The standard InChI is InChI=1S/C33H36FN3O6/c1-20(2)11-32(39)37-10-9-30-28(18-37)36-33(40)23-7-8-29(41-3)27(15-23)22-5-4-6-25(14-22)42-19-31(38)35-17-21-12-24(34)16-26(13-21)43-30/h4-8,12-16,20,28,30H,9-11,17-19H2,1-3H3,(H,35,38)(H,36,40)/t28-,30-/m1/s1. The molecule has 2 atom stereocenters. The summed E-state index contributed by atoms with van der Waals surface area (Å²) in [5.74, 6) is 0.255. The minimum atomic E-state index is -0.562. The van der Waals surface area contributed by atoms with Gasteiger partial charge >= 0.3 is 0 Å². The zero-order valence-electron chi connectivity index (χ0n) is 24.5. The Labute approximate surface area is 250 Å². The molecule has 10 heteroatoms. The van der Waals surface area contributed by atoms with Crippen LogP contribution >= 0.6 is 0 Å². The van der Waals surface area contributed by atoms with Crippen molar-refractivity contribution in [3.63, 3.8) is 0 Å². The van der Waals surface area contributed by atoms with Gasteiger partial charge in [-0.3, -0.25) is 14.4 Å². The van der Waals surface area contributed by atoms with Crippen LogP contribution in [0.1, 0.15) is 42.6 Å². The predicted molar refractivity (Wildman–Crippen MR) is 158 cm³/mol. The van der Waals surface area contributed by atoms with Crippen molar-refractivity contribution in [1.29, 1.82) is 0 Å². The third kappa shape index (κ3) is 7.43. The van der Waals surface area contributed by atoms with Gasteiger partial charge < -0.3 is 29.7 Å². The first kappa shape index (κ1) is 29.9. The molecule has 0 saturated carbocycles. The molecule has 1 saturated heterocycles. The second-order valence-electron chi connectivity index (χ2n) is 11.3. The van der Waals surface area contributed by atoms with Crippen LogP contribution in [0, 0.1) is 11.7 Å². The molecule has 1 fully saturated rings. The molecular formula is C33H36FN3O6. The number of methoxy groups -OCH3 is 1. The second kappa shape index (κ2) is 13.1. The van der Waals surface area contributed by atoms with E-state index in [1.165, 1.54) is 12.1 Å². The summed E-state index contributed by atoms with van der Waals surface area (Å²) in [6.07, 6.45) is 0.312. The molecule has 0 aliphatic carbocycles. The number of hydrogen-bond acceptors (Lipinski definition) is 6. The summed E-state index contributed by atoms with van der Waals surface area (Å²) in [5.41, 5.74) is 2.30. The van der Waals surface area contributed by atoms with Gasteiger partial charge in [0, 0.05) is 49.7 Å². The average molecular weight is 590 g/mol. The summed E-state index contributed by atoms with van der Waals surface area (Å²) < 4.78 is 32.2. The highest BCUT2D eigenvalue weighted by molar-refractivity contribution is 5.96. The third-order valence-corrected chi connectivity index (χ3v) is 7.49. The number of carbonyl (C=O) groups excluding carboxylic acids is 3. The monoisotopic (exact) mass is 589 g/mol. The van der Waals surface area contributed by atoms with Crippen molar-refractivity contribution in [1.82, 2.24) is 15.5 Å². The Bertz CT molecular complexity index is 1510. The second-order valence-corrected chi connectivity index (χ2v) is 11.3. The number of fused-ring (bicyclic) bond motifs is 8. The topological polar surface area (TPSA) is 106 Å². The highest BCUT2D eigenvalue weighted by atomic mass is 19.1. The van der Waals surface area contributed by atoms with Gasteiger partial charge in [-0.25, -0.2) is 4.39 Å². The van der Waals surface area contributed by atoms with Gasteiger partial charge in [-0.05, 0) is 59.5 Å². The summed E-state index contributed by atoms with van der Waals surface area (Å²) in [7, 11) is 1.55. The van der Waals surface area contributed by atoms with E-state index in [9.17, 15) is 18.8 Å². The zero-order valence-corrected chi connectivity index (χ0v) is 24.5. The Morgan fingerprint density at radius 1 is 1.07 bits per heavy atom. The molecule has 3 aromatic carbocycles. The minimum Gasteiger partial charge on any atom is -0.496 e. The van der Waals surface area contributed by atoms with E-state index >= 15 is 0 Å². The molecule has 0 radical (unpaired) electrons. The number of halogens is 1. The molecule has 43 heavy (non-hydrogen) atoms. The van der Waals surface area contributed by atoms with Crippen LogP contribution in [0.4, 0.5) is 4.39 Å². The number of rotatable bonds is 3. The summed E-state index contributed by atoms with van der Waals surface area (Å²) in [4.78, 5) is 40.9. The number of benzene rings is 3. The number of amides is 3. The van der Waals surface area contributed by atoms with E-state index < -0.39 is 18.0 Å². The van der Waals surface area contributed by atoms with E-state index in [-0.39, 0.29) is 49.1 Å². The van der Waals surface area contributed by atoms with Crippen LogP contribution in [-0.4, -0.2) is 61.6 Å². The van der Waals surface area contributed by atoms with Crippen molar-refractivity contribution in [2.45, 2.75) is 45.4 Å². The minimum absolute atomic E-state index is 0.0100. The quantitative estimate of drug-likeness (QED) is 0.471. The van der Waals surface area contributed by atoms with Gasteiger partial charge in [0.25, 0.3) is 11.8 Å². The zero-order chi connectivity index (χ0) is 30.5. The van der Waals surface area contributed by atoms with Gasteiger partial charge in [0.2, 0.25) is 5.91 Å². The van der Waals surface area contributed by atoms with E-state index in [2.05, 4.69) is 10.6 Å². The molecule has 2 heterocycles. The van der Waals surface area contributed by atoms with Crippen molar-refractivity contribution in [3.05, 3.63) is 77.6 Å². The number of ether oxygens (including phenoxy) is 3. The number of nitrogens with one attached hydrogen (secondary N) is 2. The van der Waals surface area contributed by atoms with Crippen molar-refractivity contribution in [2.75, 3.05) is 26.8 Å². The molecule has 3 amide bonds. The van der Waals surface area contributed by atoms with Crippen molar-refractivity contribution >= 4 is 17.7 Å². The fourth-order valence-corrected chi connectivity index (χ4v) is 5.36. The molecule has 6 bridgehead atoms. The van der Waals surface area contributed by atoms with E-state index in [4.69, 9.17) is 14.2 Å². The Hall–Kier alpha value is -4.60. The van der Waals surface area contributed by atoms with Crippen LogP contribution in [0.5, 0.6) is 17.2 Å². The van der Waals surface area contributed by atoms with Gasteiger partial charge in [0.15, 0.2) is 6.61 Å². The van der Waals surface area contributed by atoms with Crippen LogP contribution in [0.25, 0.3) is 11.1 Å². The fraction of sp³-hybridized carbons (Fsp3) is 0.364. The number of hydrogen-bond donors (Lipinski definition) is 2. The highest BCUT2D eigenvalue weighted by Crippen LogP contribution is 2.33. The molecule has 3 aromatic rings. The highest BCUT2D eigenvalue weighted by Gasteiger charge is 2.34. The third-order valence-electron chi connectivity index (χ3n) is 7.49. The van der Waals surface area contributed by atoms with Gasteiger partial charge in [-0.15, -0.1) is 0 Å². The van der Waals surface area contributed by atoms with E-state index in [1.807, 2.05) is 19.9 Å². The van der Waals surface area contributed by atoms with Crippen molar-refractivity contribution in [2.24, 2.45) is 5.92 Å². The maximum Gasteiger partial charge on any atom is 0.258 e. The maximum atomic E-state index is 14.6. The van der Waals surface area contributed by atoms with E-state index in [0.717, 1.165) is 5.56 Å². The van der Waals surface area contributed by atoms with E-state index in [0.29, 0.717) is 47.6 Å². The molecule has 2 aliphatic rings. The smallest absolute Gasteiger partial charge is 0.258 e. The Morgan fingerprint density at radius 2 is 1.91 bits per heavy atom. The molecule has 226 valence electrons. The van der Waals surface area contributed by atoms with Gasteiger partial charge in [0.1, 0.15) is 29.2 Å². The van der Waals surface area contributed by atoms with Gasteiger partial charge in [-0.1, -0.05) is 26.0 Å². The van der Waals surface area contributed by atoms with Crippen LogP contribution in [0.3, 0.4) is 0 Å². The first-order valence-electron chi connectivity index (χ1n) is 14.4.